The maximum absolute atomic E-state index is 10.5. The summed E-state index contributed by atoms with van der Waals surface area (Å²) in [5.41, 5.74) is 5.69. The summed E-state index contributed by atoms with van der Waals surface area (Å²) in [6, 6.07) is 6.16. The fourth-order valence-corrected chi connectivity index (χ4v) is 4.89. The van der Waals surface area contributed by atoms with Crippen LogP contribution in [0.4, 0.5) is 0 Å². The lowest BCUT2D eigenvalue weighted by molar-refractivity contribution is 0.162. The quantitative estimate of drug-likeness (QED) is 0.839. The molecule has 0 amide bonds. The van der Waals surface area contributed by atoms with Gasteiger partial charge in [0.15, 0.2) is 23.0 Å². The highest BCUT2D eigenvalue weighted by atomic mass is 16.5. The topological polar surface area (TPSA) is 51.2 Å². The Kier molecular flexibility index (Phi) is 4.88. The number of phenols is 1. The molecule has 2 aliphatic rings. The van der Waals surface area contributed by atoms with E-state index >= 15 is 0 Å². The first-order chi connectivity index (χ1) is 13.5. The maximum Gasteiger partial charge on any atom is 0.169 e. The molecule has 0 radical (unpaired) electrons. The molecule has 2 aromatic carbocycles. The van der Waals surface area contributed by atoms with Crippen molar-refractivity contribution in [2.45, 2.75) is 32.7 Å². The van der Waals surface area contributed by atoms with Crippen molar-refractivity contribution in [2.24, 2.45) is 5.92 Å². The minimum atomic E-state index is 0.146. The Balaban J connectivity index is 2.04. The number of nitrogens with zero attached hydrogens (tertiary/aromatic N) is 1. The molecule has 1 atom stereocenters. The number of methoxy groups -OCH3 is 3. The van der Waals surface area contributed by atoms with Gasteiger partial charge >= 0.3 is 0 Å². The van der Waals surface area contributed by atoms with Gasteiger partial charge in [0.05, 0.1) is 21.3 Å². The smallest absolute Gasteiger partial charge is 0.169 e. The van der Waals surface area contributed by atoms with Crippen molar-refractivity contribution >= 4 is 0 Å². The third-order valence-electron chi connectivity index (χ3n) is 5.93. The van der Waals surface area contributed by atoms with Crippen LogP contribution in [0.5, 0.6) is 23.0 Å². The van der Waals surface area contributed by atoms with Gasteiger partial charge in [-0.2, -0.15) is 0 Å². The van der Waals surface area contributed by atoms with E-state index in [1.54, 1.807) is 27.4 Å². The highest BCUT2D eigenvalue weighted by Crippen LogP contribution is 2.56. The lowest BCUT2D eigenvalue weighted by atomic mass is 9.75. The molecule has 1 aliphatic carbocycles. The average molecular weight is 383 g/mol. The summed E-state index contributed by atoms with van der Waals surface area (Å²) >= 11 is 0. The molecule has 28 heavy (non-hydrogen) atoms. The van der Waals surface area contributed by atoms with Crippen LogP contribution in [0.3, 0.4) is 0 Å². The molecule has 1 N–H and O–H groups in total. The number of phenolic OH excluding ortho intramolecular Hbond substituents is 1. The van der Waals surface area contributed by atoms with Crippen LogP contribution in [-0.4, -0.2) is 44.4 Å². The van der Waals surface area contributed by atoms with Crippen molar-refractivity contribution in [3.8, 4) is 34.1 Å². The predicted octanol–water partition coefficient (Wildman–Crippen LogP) is 4.20. The first-order valence-corrected chi connectivity index (χ1v) is 9.91. The van der Waals surface area contributed by atoms with Crippen LogP contribution in [0.2, 0.25) is 0 Å². The first-order valence-electron chi connectivity index (χ1n) is 9.91. The van der Waals surface area contributed by atoms with Crippen LogP contribution >= 0.6 is 0 Å². The van der Waals surface area contributed by atoms with E-state index in [1.807, 2.05) is 6.07 Å². The Labute approximate surface area is 166 Å². The molecule has 0 aromatic heterocycles. The second kappa shape index (κ2) is 7.21. The van der Waals surface area contributed by atoms with Gasteiger partial charge in [-0.3, -0.25) is 4.90 Å². The fourth-order valence-electron chi connectivity index (χ4n) is 4.89. The molecule has 2 aromatic rings. The van der Waals surface area contributed by atoms with Gasteiger partial charge in [-0.25, -0.2) is 0 Å². The lowest BCUT2D eigenvalue weighted by Gasteiger charge is -2.43. The van der Waals surface area contributed by atoms with Crippen molar-refractivity contribution in [3.05, 3.63) is 34.9 Å². The molecule has 150 valence electrons. The normalized spacial score (nSPS) is 17.9. The number of aromatic hydroxyl groups is 1. The van der Waals surface area contributed by atoms with Crippen LogP contribution in [0.25, 0.3) is 11.1 Å². The second-order valence-corrected chi connectivity index (χ2v) is 8.07. The van der Waals surface area contributed by atoms with Crippen LogP contribution in [-0.2, 0) is 12.8 Å². The summed E-state index contributed by atoms with van der Waals surface area (Å²) in [6.07, 6.45) is 1.87. The largest absolute Gasteiger partial charge is 0.504 e. The SMILES string of the molecule is COc1cc2c3c(c1OC)-c1c(ccc(O)c1OC)C[C@@H]3N(CC(C)C)CC2. The molecule has 5 nitrogen and oxygen atoms in total. The van der Waals surface area contributed by atoms with Crippen molar-refractivity contribution in [1.29, 1.82) is 0 Å². The van der Waals surface area contributed by atoms with Crippen molar-refractivity contribution in [1.82, 2.24) is 4.90 Å². The molecule has 0 saturated carbocycles. The Morgan fingerprint density at radius 1 is 1.04 bits per heavy atom. The van der Waals surface area contributed by atoms with Gasteiger partial charge < -0.3 is 19.3 Å². The van der Waals surface area contributed by atoms with Gasteiger partial charge in [-0.05, 0) is 47.6 Å². The molecule has 5 heteroatoms. The third-order valence-corrected chi connectivity index (χ3v) is 5.93. The molecule has 0 fully saturated rings. The Hall–Kier alpha value is -2.40. The second-order valence-electron chi connectivity index (χ2n) is 8.07. The number of benzene rings is 2. The van der Waals surface area contributed by atoms with E-state index in [4.69, 9.17) is 14.2 Å². The van der Waals surface area contributed by atoms with E-state index in [9.17, 15) is 5.11 Å². The fraction of sp³-hybridized carbons (Fsp3) is 0.478. The van der Waals surface area contributed by atoms with E-state index in [0.29, 0.717) is 23.5 Å². The van der Waals surface area contributed by atoms with Crippen LogP contribution in [0.15, 0.2) is 18.2 Å². The predicted molar refractivity (Wildman–Crippen MR) is 110 cm³/mol. The van der Waals surface area contributed by atoms with E-state index in [2.05, 4.69) is 24.8 Å². The van der Waals surface area contributed by atoms with E-state index < -0.39 is 0 Å². The summed E-state index contributed by atoms with van der Waals surface area (Å²) in [7, 11) is 4.95. The number of rotatable bonds is 5. The van der Waals surface area contributed by atoms with Gasteiger partial charge in [0.25, 0.3) is 0 Å². The minimum Gasteiger partial charge on any atom is -0.504 e. The summed E-state index contributed by atoms with van der Waals surface area (Å²) in [5.74, 6) is 2.69. The van der Waals surface area contributed by atoms with Crippen LogP contribution < -0.4 is 14.2 Å². The zero-order chi connectivity index (χ0) is 20.0. The van der Waals surface area contributed by atoms with Crippen molar-refractivity contribution < 1.29 is 19.3 Å². The third kappa shape index (κ3) is 2.80. The van der Waals surface area contributed by atoms with Gasteiger partial charge in [-0.1, -0.05) is 19.9 Å². The summed E-state index contributed by atoms with van der Waals surface area (Å²) < 4.78 is 17.1. The molecule has 1 aliphatic heterocycles. The monoisotopic (exact) mass is 383 g/mol. The van der Waals surface area contributed by atoms with Gasteiger partial charge in [0.1, 0.15) is 0 Å². The Morgan fingerprint density at radius 2 is 1.79 bits per heavy atom. The number of hydrogen-bond acceptors (Lipinski definition) is 5. The van der Waals surface area contributed by atoms with E-state index in [0.717, 1.165) is 42.8 Å². The molecule has 0 spiro atoms. The molecule has 4 rings (SSSR count). The molecule has 1 heterocycles. The standard InChI is InChI=1S/C23H29NO4/c1-13(2)12-24-9-8-15-11-18(26-3)23(28-5)21-19(15)16(24)10-14-6-7-17(25)22(27-4)20(14)21/h6-7,11,13,16,25H,8-10,12H2,1-5H3/t16-/m0/s1. The van der Waals surface area contributed by atoms with Crippen molar-refractivity contribution in [2.75, 3.05) is 34.4 Å². The Morgan fingerprint density at radius 3 is 2.43 bits per heavy atom. The highest BCUT2D eigenvalue weighted by molar-refractivity contribution is 5.88. The molecule has 0 unspecified atom stereocenters. The van der Waals surface area contributed by atoms with E-state index in [1.165, 1.54) is 16.7 Å². The summed E-state index contributed by atoms with van der Waals surface area (Å²) in [6.45, 7) is 6.63. The molecule has 0 saturated heterocycles. The lowest BCUT2D eigenvalue weighted by Crippen LogP contribution is -2.40. The number of fused-ring (bicyclic) bond motifs is 2. The van der Waals surface area contributed by atoms with Crippen LogP contribution in [0, 0.1) is 5.92 Å². The minimum absolute atomic E-state index is 0.146. The maximum atomic E-state index is 10.5. The summed E-state index contributed by atoms with van der Waals surface area (Å²) in [5, 5.41) is 10.5. The first kappa shape index (κ1) is 18.9. The van der Waals surface area contributed by atoms with E-state index in [-0.39, 0.29) is 5.75 Å². The number of ether oxygens (including phenoxy) is 3. The number of hydrogen-bond donors (Lipinski definition) is 1. The molecular weight excluding hydrogens is 354 g/mol. The average Bonchev–Trinajstić information content (AvgIpc) is 2.69. The van der Waals surface area contributed by atoms with Gasteiger partial charge in [0, 0.05) is 30.3 Å². The van der Waals surface area contributed by atoms with Crippen molar-refractivity contribution in [3.63, 3.8) is 0 Å². The highest BCUT2D eigenvalue weighted by Gasteiger charge is 2.39. The molecular formula is C23H29NO4. The zero-order valence-electron chi connectivity index (χ0n) is 17.3. The Bertz CT molecular complexity index is 906. The van der Waals surface area contributed by atoms with Gasteiger partial charge in [-0.15, -0.1) is 0 Å². The molecule has 0 bridgehead atoms. The van der Waals surface area contributed by atoms with Gasteiger partial charge in [0.2, 0.25) is 0 Å². The van der Waals surface area contributed by atoms with Crippen LogP contribution in [0.1, 0.15) is 36.6 Å². The summed E-state index contributed by atoms with van der Waals surface area (Å²) in [4.78, 5) is 2.59. The zero-order valence-corrected chi connectivity index (χ0v) is 17.3.